The van der Waals surface area contributed by atoms with Gasteiger partial charge in [-0.2, -0.15) is 0 Å². The van der Waals surface area contributed by atoms with E-state index in [1.165, 1.54) is 0 Å². The Bertz CT molecular complexity index is 908. The van der Waals surface area contributed by atoms with Gasteiger partial charge in [-0.3, -0.25) is 0 Å². The molecule has 31 heavy (non-hydrogen) atoms. The third-order valence-electron chi connectivity index (χ3n) is 4.44. The Morgan fingerprint density at radius 3 is 2.48 bits per heavy atom. The summed E-state index contributed by atoms with van der Waals surface area (Å²) < 4.78 is 21.2. The highest BCUT2D eigenvalue weighted by atomic mass is 16.7. The normalized spacial score (nSPS) is 14.5. The van der Waals surface area contributed by atoms with Gasteiger partial charge in [-0.1, -0.05) is 36.4 Å². The Hall–Kier alpha value is -3.26. The maximum Gasteiger partial charge on any atom is 0.407 e. The fourth-order valence-electron chi connectivity index (χ4n) is 3.01. The molecule has 1 aliphatic heterocycles. The Morgan fingerprint density at radius 2 is 1.77 bits per heavy atom. The minimum Gasteiger partial charge on any atom is -0.458 e. The zero-order chi connectivity index (χ0) is 22.4. The fourth-order valence-corrected chi connectivity index (χ4v) is 3.01. The molecule has 1 amide bonds. The number of carbonyl (C=O) groups excluding carboxylic acids is 2. The van der Waals surface area contributed by atoms with Gasteiger partial charge in [0.1, 0.15) is 12.2 Å². The standard InChI is InChI=1S/C23H27NO7/c1-23(2,3)31-21(26)20(25)17(11-16-9-10-18-19(12-16)30-14-29-18)24-22(27)28-13-15-7-5-4-6-8-15/h4-10,12,17,20,25H,11,13-14H2,1-3H3,(H,24,27). The first-order valence-corrected chi connectivity index (χ1v) is 9.98. The van der Waals surface area contributed by atoms with Crippen LogP contribution in [0.15, 0.2) is 48.5 Å². The molecular weight excluding hydrogens is 402 g/mol. The van der Waals surface area contributed by atoms with E-state index in [2.05, 4.69) is 5.32 Å². The van der Waals surface area contributed by atoms with Crippen LogP contribution in [0.4, 0.5) is 4.79 Å². The molecule has 0 radical (unpaired) electrons. The molecule has 0 saturated heterocycles. The topological polar surface area (TPSA) is 103 Å². The molecule has 2 unspecified atom stereocenters. The monoisotopic (exact) mass is 429 g/mol. The van der Waals surface area contributed by atoms with Gasteiger partial charge in [-0.15, -0.1) is 0 Å². The third kappa shape index (κ3) is 6.62. The van der Waals surface area contributed by atoms with Crippen LogP contribution >= 0.6 is 0 Å². The number of ether oxygens (including phenoxy) is 4. The molecule has 8 heteroatoms. The maximum atomic E-state index is 12.4. The van der Waals surface area contributed by atoms with Gasteiger partial charge in [0.2, 0.25) is 6.79 Å². The Labute approximate surface area is 181 Å². The van der Waals surface area contributed by atoms with Crippen LogP contribution in [0, 0.1) is 0 Å². The number of amides is 1. The highest BCUT2D eigenvalue weighted by Crippen LogP contribution is 2.33. The van der Waals surface area contributed by atoms with Crippen molar-refractivity contribution in [2.75, 3.05) is 6.79 Å². The molecule has 1 heterocycles. The zero-order valence-electron chi connectivity index (χ0n) is 17.8. The number of nitrogens with one attached hydrogen (secondary N) is 1. The molecular formula is C23H27NO7. The minimum absolute atomic E-state index is 0.0615. The van der Waals surface area contributed by atoms with Crippen LogP contribution < -0.4 is 14.8 Å². The smallest absolute Gasteiger partial charge is 0.407 e. The summed E-state index contributed by atoms with van der Waals surface area (Å²) in [7, 11) is 0. The summed E-state index contributed by atoms with van der Waals surface area (Å²) in [6.07, 6.45) is -2.19. The molecule has 2 N–H and O–H groups in total. The van der Waals surface area contributed by atoms with Crippen LogP contribution in [-0.2, 0) is 27.3 Å². The number of aliphatic hydroxyl groups excluding tert-OH is 1. The number of carbonyl (C=O) groups is 2. The van der Waals surface area contributed by atoms with Crippen molar-refractivity contribution in [3.05, 3.63) is 59.7 Å². The first kappa shape index (κ1) is 22.4. The number of hydrogen-bond donors (Lipinski definition) is 2. The molecule has 2 aromatic rings. The van der Waals surface area contributed by atoms with E-state index >= 15 is 0 Å². The van der Waals surface area contributed by atoms with Gasteiger partial charge in [0, 0.05) is 0 Å². The van der Waals surface area contributed by atoms with Gasteiger partial charge >= 0.3 is 12.1 Å². The molecule has 2 aromatic carbocycles. The molecule has 0 aliphatic carbocycles. The van der Waals surface area contributed by atoms with Crippen molar-refractivity contribution in [3.63, 3.8) is 0 Å². The molecule has 0 saturated carbocycles. The lowest BCUT2D eigenvalue weighted by Gasteiger charge is -2.26. The number of esters is 1. The van der Waals surface area contributed by atoms with Crippen LogP contribution in [0.25, 0.3) is 0 Å². The van der Waals surface area contributed by atoms with Crippen molar-refractivity contribution < 1.29 is 33.6 Å². The van der Waals surface area contributed by atoms with Crippen LogP contribution in [0.3, 0.4) is 0 Å². The molecule has 0 fully saturated rings. The molecule has 8 nitrogen and oxygen atoms in total. The predicted octanol–water partition coefficient (Wildman–Crippen LogP) is 2.96. The average Bonchev–Trinajstić information content (AvgIpc) is 3.18. The van der Waals surface area contributed by atoms with E-state index in [9.17, 15) is 14.7 Å². The largest absolute Gasteiger partial charge is 0.458 e. The minimum atomic E-state index is -1.59. The first-order chi connectivity index (χ1) is 14.7. The zero-order valence-corrected chi connectivity index (χ0v) is 17.8. The lowest BCUT2D eigenvalue weighted by atomic mass is 10.0. The van der Waals surface area contributed by atoms with Crippen LogP contribution in [0.1, 0.15) is 31.9 Å². The van der Waals surface area contributed by atoms with E-state index < -0.39 is 29.8 Å². The van der Waals surface area contributed by atoms with E-state index in [0.717, 1.165) is 11.1 Å². The molecule has 0 spiro atoms. The van der Waals surface area contributed by atoms with Crippen molar-refractivity contribution in [3.8, 4) is 11.5 Å². The van der Waals surface area contributed by atoms with Gasteiger partial charge in [0.05, 0.1) is 6.04 Å². The van der Waals surface area contributed by atoms with Gasteiger partial charge in [-0.25, -0.2) is 9.59 Å². The summed E-state index contributed by atoms with van der Waals surface area (Å²) in [5.74, 6) is 0.347. The number of aliphatic hydroxyl groups is 1. The SMILES string of the molecule is CC(C)(C)OC(=O)C(O)C(Cc1ccc2c(c1)OCO2)NC(=O)OCc1ccccc1. The maximum absolute atomic E-state index is 12.4. The molecule has 166 valence electrons. The fraction of sp³-hybridized carbons (Fsp3) is 0.391. The number of rotatable bonds is 7. The number of alkyl carbamates (subject to hydrolysis) is 1. The summed E-state index contributed by atoms with van der Waals surface area (Å²) in [6.45, 7) is 5.29. The average molecular weight is 429 g/mol. The molecule has 2 atom stereocenters. The highest BCUT2D eigenvalue weighted by Gasteiger charge is 2.32. The second-order valence-electron chi connectivity index (χ2n) is 8.18. The lowest BCUT2D eigenvalue weighted by Crippen LogP contribution is -2.50. The number of fused-ring (bicyclic) bond motifs is 1. The number of hydrogen-bond acceptors (Lipinski definition) is 7. The second kappa shape index (κ2) is 9.70. The van der Waals surface area contributed by atoms with Crippen molar-refractivity contribution in [2.24, 2.45) is 0 Å². The molecule has 1 aliphatic rings. The van der Waals surface area contributed by atoms with E-state index in [1.807, 2.05) is 30.3 Å². The van der Waals surface area contributed by atoms with Gasteiger partial charge in [0.25, 0.3) is 0 Å². The van der Waals surface area contributed by atoms with Crippen LogP contribution in [-0.4, -0.2) is 41.7 Å². The summed E-state index contributed by atoms with van der Waals surface area (Å²) in [4.78, 5) is 24.8. The van der Waals surface area contributed by atoms with Gasteiger partial charge in [0.15, 0.2) is 17.6 Å². The first-order valence-electron chi connectivity index (χ1n) is 9.98. The summed E-state index contributed by atoms with van der Waals surface area (Å²) in [5.41, 5.74) is 0.771. The van der Waals surface area contributed by atoms with Crippen molar-refractivity contribution in [1.29, 1.82) is 0 Å². The van der Waals surface area contributed by atoms with Crippen molar-refractivity contribution in [1.82, 2.24) is 5.32 Å². The van der Waals surface area contributed by atoms with Gasteiger partial charge in [-0.05, 0) is 50.5 Å². The van der Waals surface area contributed by atoms with E-state index in [0.29, 0.717) is 11.5 Å². The van der Waals surface area contributed by atoms with Crippen molar-refractivity contribution >= 4 is 12.1 Å². The molecule has 0 bridgehead atoms. The Morgan fingerprint density at radius 1 is 1.06 bits per heavy atom. The summed E-state index contributed by atoms with van der Waals surface area (Å²) in [6, 6.07) is 13.5. The highest BCUT2D eigenvalue weighted by molar-refractivity contribution is 5.77. The van der Waals surface area contributed by atoms with Gasteiger partial charge < -0.3 is 29.4 Å². The number of benzene rings is 2. The Kier molecular flexibility index (Phi) is 7.02. The summed E-state index contributed by atoms with van der Waals surface area (Å²) in [5, 5.41) is 13.2. The molecule has 0 aromatic heterocycles. The van der Waals surface area contributed by atoms with Crippen molar-refractivity contribution in [2.45, 2.75) is 51.5 Å². The quantitative estimate of drug-likeness (QED) is 0.652. The van der Waals surface area contributed by atoms with Crippen LogP contribution in [0.5, 0.6) is 11.5 Å². The van der Waals surface area contributed by atoms with E-state index in [4.69, 9.17) is 18.9 Å². The second-order valence-corrected chi connectivity index (χ2v) is 8.18. The predicted molar refractivity (Wildman–Crippen MR) is 112 cm³/mol. The summed E-state index contributed by atoms with van der Waals surface area (Å²) >= 11 is 0. The van der Waals surface area contributed by atoms with Crippen LogP contribution in [0.2, 0.25) is 0 Å². The lowest BCUT2D eigenvalue weighted by molar-refractivity contribution is -0.166. The Balaban J connectivity index is 1.70. The third-order valence-corrected chi connectivity index (χ3v) is 4.44. The van der Waals surface area contributed by atoms with E-state index in [-0.39, 0.29) is 19.8 Å². The van der Waals surface area contributed by atoms with E-state index in [1.54, 1.807) is 39.0 Å². The molecule has 3 rings (SSSR count).